The van der Waals surface area contributed by atoms with Gasteiger partial charge in [-0.05, 0) is 44.5 Å². The summed E-state index contributed by atoms with van der Waals surface area (Å²) < 4.78 is 37.0. The average Bonchev–Trinajstić information content (AvgIpc) is 2.62. The number of methoxy groups -OCH3 is 1. The summed E-state index contributed by atoms with van der Waals surface area (Å²) in [6, 6.07) is 6.86. The lowest BCUT2D eigenvalue weighted by Crippen LogP contribution is -2.25. The van der Waals surface area contributed by atoms with Crippen LogP contribution in [0.15, 0.2) is 41.5 Å². The largest absolute Gasteiger partial charge is 0.465 e. The first-order valence-corrected chi connectivity index (χ1v) is 8.39. The Bertz CT molecular complexity index is 903. The van der Waals surface area contributed by atoms with Crippen LogP contribution in [0.3, 0.4) is 0 Å². The summed E-state index contributed by atoms with van der Waals surface area (Å²) in [6.07, 6.45) is 0.414. The van der Waals surface area contributed by atoms with E-state index in [1.54, 1.807) is 26.8 Å². The molecule has 2 aromatic rings. The summed E-state index contributed by atoms with van der Waals surface area (Å²) in [7, 11) is 1.17. The van der Waals surface area contributed by atoms with Gasteiger partial charge in [-0.3, -0.25) is 4.98 Å². The number of pyridine rings is 1. The molecule has 1 heterocycles. The first-order chi connectivity index (χ1) is 13.1. The third-order valence-corrected chi connectivity index (χ3v) is 3.46. The predicted molar refractivity (Wildman–Crippen MR) is 99.0 cm³/mol. The molecule has 0 saturated heterocycles. The van der Waals surface area contributed by atoms with Gasteiger partial charge in [0.25, 0.3) is 0 Å². The van der Waals surface area contributed by atoms with Crippen LogP contribution in [0.25, 0.3) is 11.3 Å². The van der Waals surface area contributed by atoms with Gasteiger partial charge >= 0.3 is 12.1 Å². The number of hydrogen-bond donors (Lipinski definition) is 0. The van der Waals surface area contributed by atoms with Gasteiger partial charge in [-0.2, -0.15) is 4.99 Å². The molecule has 0 atom stereocenters. The molecule has 0 spiro atoms. The molecule has 0 unspecified atom stereocenters. The van der Waals surface area contributed by atoms with Crippen LogP contribution in [0.2, 0.25) is 0 Å². The lowest BCUT2D eigenvalue weighted by molar-refractivity contribution is -0.132. The molecule has 28 heavy (non-hydrogen) atoms. The Hall–Kier alpha value is -3.16. The minimum atomic E-state index is -0.996. The number of carbonyl (C=O) groups excluding carboxylic acids is 2. The van der Waals surface area contributed by atoms with Crippen LogP contribution in [-0.2, 0) is 20.7 Å². The molecule has 0 fully saturated rings. The first kappa shape index (κ1) is 21.1. The van der Waals surface area contributed by atoms with Crippen molar-refractivity contribution in [1.82, 2.24) is 4.98 Å². The Labute approximate surface area is 161 Å². The zero-order valence-corrected chi connectivity index (χ0v) is 16.0. The second-order valence-electron chi connectivity index (χ2n) is 6.86. The van der Waals surface area contributed by atoms with Crippen LogP contribution in [-0.4, -0.2) is 35.5 Å². The minimum Gasteiger partial charge on any atom is -0.465 e. The lowest BCUT2D eigenvalue weighted by Gasteiger charge is -2.17. The molecule has 1 amide bonds. The second-order valence-corrected chi connectivity index (χ2v) is 6.86. The van der Waals surface area contributed by atoms with Crippen molar-refractivity contribution in [1.29, 1.82) is 0 Å². The molecule has 0 aliphatic rings. The van der Waals surface area contributed by atoms with E-state index < -0.39 is 29.3 Å². The monoisotopic (exact) mass is 390 g/mol. The molecule has 0 saturated carbocycles. The maximum absolute atomic E-state index is 13.9. The number of esters is 1. The van der Waals surface area contributed by atoms with Gasteiger partial charge in [0, 0.05) is 18.2 Å². The average molecular weight is 390 g/mol. The topological polar surface area (TPSA) is 77.9 Å². The third kappa shape index (κ3) is 5.67. The summed E-state index contributed by atoms with van der Waals surface area (Å²) >= 11 is 0. The maximum atomic E-state index is 13.9. The Balaban J connectivity index is 2.24. The molecule has 8 heteroatoms. The van der Waals surface area contributed by atoms with E-state index in [1.165, 1.54) is 31.5 Å². The molecular weight excluding hydrogens is 370 g/mol. The van der Waals surface area contributed by atoms with Crippen molar-refractivity contribution in [2.75, 3.05) is 7.11 Å². The van der Waals surface area contributed by atoms with Gasteiger partial charge in [0.15, 0.2) is 11.6 Å². The summed E-state index contributed by atoms with van der Waals surface area (Å²) in [6.45, 7) is 5.02. The Kier molecular flexibility index (Phi) is 6.56. The van der Waals surface area contributed by atoms with Crippen molar-refractivity contribution in [2.24, 2.45) is 4.99 Å². The molecular formula is C20H20F2N2O4. The second kappa shape index (κ2) is 8.69. The molecule has 0 N–H and O–H groups in total. The van der Waals surface area contributed by atoms with Crippen LogP contribution < -0.4 is 0 Å². The van der Waals surface area contributed by atoms with Crippen LogP contribution in [0.1, 0.15) is 26.3 Å². The molecule has 0 aliphatic heterocycles. The number of aromatic nitrogens is 1. The molecule has 1 aromatic carbocycles. The van der Waals surface area contributed by atoms with E-state index in [-0.39, 0.29) is 23.4 Å². The maximum Gasteiger partial charge on any atom is 0.434 e. The van der Waals surface area contributed by atoms with Gasteiger partial charge < -0.3 is 9.47 Å². The van der Waals surface area contributed by atoms with Crippen LogP contribution in [0.4, 0.5) is 13.6 Å². The highest BCUT2D eigenvalue weighted by molar-refractivity contribution is 6.38. The SMILES string of the molecule is COC(=O)C(Cc1ccc(-c2cccc(F)c2F)nc1)=NC(=O)OC(C)(C)C. The van der Waals surface area contributed by atoms with Crippen molar-refractivity contribution in [3.63, 3.8) is 0 Å². The number of carbonyl (C=O) groups is 2. The van der Waals surface area contributed by atoms with Crippen LogP contribution in [0.5, 0.6) is 0 Å². The number of aliphatic imine (C=N–C) groups is 1. The molecule has 6 nitrogen and oxygen atoms in total. The quantitative estimate of drug-likeness (QED) is 0.580. The Morgan fingerprint density at radius 3 is 2.43 bits per heavy atom. The molecule has 0 aliphatic carbocycles. The molecule has 0 bridgehead atoms. The number of ether oxygens (including phenoxy) is 2. The van der Waals surface area contributed by atoms with Crippen molar-refractivity contribution < 1.29 is 27.8 Å². The van der Waals surface area contributed by atoms with E-state index in [1.807, 2.05) is 0 Å². The van der Waals surface area contributed by atoms with Crippen molar-refractivity contribution >= 4 is 17.8 Å². The van der Waals surface area contributed by atoms with Crippen molar-refractivity contribution in [3.8, 4) is 11.3 Å². The van der Waals surface area contributed by atoms with Gasteiger partial charge in [-0.15, -0.1) is 0 Å². The van der Waals surface area contributed by atoms with Gasteiger partial charge in [-0.1, -0.05) is 12.1 Å². The summed E-state index contributed by atoms with van der Waals surface area (Å²) in [5, 5.41) is 0. The number of rotatable bonds is 4. The summed E-state index contributed by atoms with van der Waals surface area (Å²) in [5.74, 6) is -2.75. The van der Waals surface area contributed by atoms with Crippen molar-refractivity contribution in [2.45, 2.75) is 32.8 Å². The Morgan fingerprint density at radius 1 is 1.14 bits per heavy atom. The van der Waals surface area contributed by atoms with E-state index >= 15 is 0 Å². The number of amides is 1. The summed E-state index contributed by atoms with van der Waals surface area (Å²) in [4.78, 5) is 31.6. The van der Waals surface area contributed by atoms with Gasteiger partial charge in [0.05, 0.1) is 12.8 Å². The van der Waals surface area contributed by atoms with E-state index in [0.717, 1.165) is 6.07 Å². The zero-order chi connectivity index (χ0) is 20.9. The highest BCUT2D eigenvalue weighted by Crippen LogP contribution is 2.22. The minimum absolute atomic E-state index is 0.0159. The predicted octanol–water partition coefficient (Wildman–Crippen LogP) is 4.12. The number of halogens is 2. The van der Waals surface area contributed by atoms with Crippen molar-refractivity contribution in [3.05, 3.63) is 53.7 Å². The normalized spacial score (nSPS) is 11.9. The lowest BCUT2D eigenvalue weighted by atomic mass is 10.1. The number of benzene rings is 1. The van der Waals surface area contributed by atoms with Crippen LogP contribution in [0, 0.1) is 11.6 Å². The number of hydrogen-bond acceptors (Lipinski definition) is 5. The van der Waals surface area contributed by atoms with E-state index in [9.17, 15) is 18.4 Å². The fourth-order valence-electron chi connectivity index (χ4n) is 2.25. The highest BCUT2D eigenvalue weighted by atomic mass is 19.2. The molecule has 148 valence electrons. The Morgan fingerprint density at radius 2 is 1.86 bits per heavy atom. The number of nitrogens with zero attached hydrogens (tertiary/aromatic N) is 2. The zero-order valence-electron chi connectivity index (χ0n) is 16.0. The standard InChI is InChI=1S/C20H20F2N2O4/c1-20(2,3)28-19(26)24-16(18(25)27-4)10-12-8-9-15(23-11-12)13-6-5-7-14(21)17(13)22/h5-9,11H,10H2,1-4H3. The molecule has 0 radical (unpaired) electrons. The van der Waals surface area contributed by atoms with Crippen LogP contribution >= 0.6 is 0 Å². The van der Waals surface area contributed by atoms with E-state index in [4.69, 9.17) is 4.74 Å². The fraction of sp³-hybridized carbons (Fsp3) is 0.300. The third-order valence-electron chi connectivity index (χ3n) is 3.46. The molecule has 1 aromatic heterocycles. The summed E-state index contributed by atoms with van der Waals surface area (Å²) in [5.41, 5.74) is -0.164. The highest BCUT2D eigenvalue weighted by Gasteiger charge is 2.20. The molecule has 2 rings (SSSR count). The van der Waals surface area contributed by atoms with Gasteiger partial charge in [0.2, 0.25) is 0 Å². The smallest absolute Gasteiger partial charge is 0.434 e. The fourth-order valence-corrected chi connectivity index (χ4v) is 2.25. The van der Waals surface area contributed by atoms with Gasteiger partial charge in [-0.25, -0.2) is 18.4 Å². The van der Waals surface area contributed by atoms with E-state index in [2.05, 4.69) is 14.7 Å². The van der Waals surface area contributed by atoms with Gasteiger partial charge in [0.1, 0.15) is 11.3 Å². The first-order valence-electron chi connectivity index (χ1n) is 8.39. The van der Waals surface area contributed by atoms with E-state index in [0.29, 0.717) is 5.56 Å².